The van der Waals surface area contributed by atoms with Crippen LogP contribution in [0.15, 0.2) is 35.1 Å². The van der Waals surface area contributed by atoms with E-state index in [-0.39, 0.29) is 5.78 Å². The van der Waals surface area contributed by atoms with Gasteiger partial charge in [-0.3, -0.25) is 4.79 Å². The average Bonchev–Trinajstić information content (AvgIpc) is 2.85. The number of furan rings is 1. The van der Waals surface area contributed by atoms with Gasteiger partial charge >= 0.3 is 0 Å². The van der Waals surface area contributed by atoms with Crippen molar-refractivity contribution in [3.63, 3.8) is 0 Å². The lowest BCUT2D eigenvalue weighted by molar-refractivity contribution is 0.103. The Morgan fingerprint density at radius 2 is 2.00 bits per heavy atom. The molecular weight excluding hydrogens is 216 g/mol. The fourth-order valence-electron chi connectivity index (χ4n) is 1.78. The number of carbonyl (C=O) groups excluding carboxylic acids is 1. The Morgan fingerprint density at radius 1 is 1.24 bits per heavy atom. The molecule has 17 heavy (non-hydrogen) atoms. The summed E-state index contributed by atoms with van der Waals surface area (Å²) in [6, 6.07) is 5.36. The topological polar surface area (TPSA) is 39.4 Å². The van der Waals surface area contributed by atoms with Crippen LogP contribution in [0.2, 0.25) is 0 Å². The molecule has 0 aliphatic rings. The van der Waals surface area contributed by atoms with Gasteiger partial charge < -0.3 is 9.15 Å². The van der Waals surface area contributed by atoms with E-state index in [0.29, 0.717) is 16.9 Å². The molecule has 0 saturated heterocycles. The first-order valence-corrected chi connectivity index (χ1v) is 5.36. The zero-order valence-corrected chi connectivity index (χ0v) is 10.1. The van der Waals surface area contributed by atoms with Crippen LogP contribution < -0.4 is 4.74 Å². The standard InChI is InChI=1S/C14H14O3/c1-9-4-5-12(14(16-3)10(9)2)13(15)11-6-7-17-8-11/h4-8H,1-3H3. The summed E-state index contributed by atoms with van der Waals surface area (Å²) in [6.45, 7) is 3.93. The predicted molar refractivity (Wildman–Crippen MR) is 64.6 cm³/mol. The summed E-state index contributed by atoms with van der Waals surface area (Å²) in [4.78, 5) is 12.2. The molecule has 3 heteroatoms. The number of ketones is 1. The number of carbonyl (C=O) groups is 1. The van der Waals surface area contributed by atoms with Crippen LogP contribution in [0.25, 0.3) is 0 Å². The van der Waals surface area contributed by atoms with E-state index in [1.165, 1.54) is 12.5 Å². The number of ether oxygens (including phenoxy) is 1. The maximum absolute atomic E-state index is 12.2. The highest BCUT2D eigenvalue weighted by atomic mass is 16.5. The van der Waals surface area contributed by atoms with Crippen molar-refractivity contribution in [2.24, 2.45) is 0 Å². The Balaban J connectivity index is 2.53. The van der Waals surface area contributed by atoms with E-state index in [9.17, 15) is 4.79 Å². The molecule has 0 saturated carbocycles. The maximum Gasteiger partial charge on any atom is 0.199 e. The molecule has 0 N–H and O–H groups in total. The van der Waals surface area contributed by atoms with Crippen LogP contribution in [0.1, 0.15) is 27.0 Å². The number of methoxy groups -OCH3 is 1. The molecule has 0 aliphatic heterocycles. The number of benzene rings is 1. The summed E-state index contributed by atoms with van der Waals surface area (Å²) in [5, 5.41) is 0. The van der Waals surface area contributed by atoms with Crippen molar-refractivity contribution >= 4 is 5.78 Å². The smallest absolute Gasteiger partial charge is 0.199 e. The minimum atomic E-state index is -0.0845. The molecule has 1 aromatic carbocycles. The average molecular weight is 230 g/mol. The lowest BCUT2D eigenvalue weighted by Gasteiger charge is -2.11. The Hall–Kier alpha value is -2.03. The van der Waals surface area contributed by atoms with Gasteiger partial charge in [-0.05, 0) is 37.1 Å². The maximum atomic E-state index is 12.2. The summed E-state index contributed by atoms with van der Waals surface area (Å²) in [6.07, 6.45) is 2.93. The molecule has 0 radical (unpaired) electrons. The first-order valence-electron chi connectivity index (χ1n) is 5.36. The molecule has 2 aromatic rings. The summed E-state index contributed by atoms with van der Waals surface area (Å²) in [5.41, 5.74) is 3.19. The predicted octanol–water partition coefficient (Wildman–Crippen LogP) is 3.14. The highest BCUT2D eigenvalue weighted by Crippen LogP contribution is 2.28. The van der Waals surface area contributed by atoms with E-state index in [2.05, 4.69) is 0 Å². The second-order valence-corrected chi connectivity index (χ2v) is 3.93. The van der Waals surface area contributed by atoms with Gasteiger partial charge in [0.15, 0.2) is 5.78 Å². The van der Waals surface area contributed by atoms with Crippen molar-refractivity contribution < 1.29 is 13.9 Å². The highest BCUT2D eigenvalue weighted by Gasteiger charge is 2.17. The molecule has 0 aliphatic carbocycles. The van der Waals surface area contributed by atoms with Crippen LogP contribution in [-0.4, -0.2) is 12.9 Å². The van der Waals surface area contributed by atoms with Crippen molar-refractivity contribution in [3.8, 4) is 5.75 Å². The van der Waals surface area contributed by atoms with Crippen LogP contribution in [-0.2, 0) is 0 Å². The lowest BCUT2D eigenvalue weighted by Crippen LogP contribution is -2.05. The molecule has 0 fully saturated rings. The Labute approximate surface area is 100 Å². The largest absolute Gasteiger partial charge is 0.496 e. The van der Waals surface area contributed by atoms with Crippen molar-refractivity contribution in [2.45, 2.75) is 13.8 Å². The molecule has 0 bridgehead atoms. The van der Waals surface area contributed by atoms with E-state index in [0.717, 1.165) is 11.1 Å². The van der Waals surface area contributed by atoms with Crippen LogP contribution >= 0.6 is 0 Å². The SMILES string of the molecule is COc1c(C(=O)c2ccoc2)ccc(C)c1C. The Bertz CT molecular complexity index is 539. The fraction of sp³-hybridized carbons (Fsp3) is 0.214. The normalized spacial score (nSPS) is 10.3. The van der Waals surface area contributed by atoms with Crippen molar-refractivity contribution in [2.75, 3.05) is 7.11 Å². The van der Waals surface area contributed by atoms with Gasteiger partial charge in [0.1, 0.15) is 12.0 Å². The van der Waals surface area contributed by atoms with Gasteiger partial charge in [0.05, 0.1) is 24.5 Å². The summed E-state index contributed by atoms with van der Waals surface area (Å²) >= 11 is 0. The molecule has 1 aromatic heterocycles. The number of aryl methyl sites for hydroxylation is 1. The van der Waals surface area contributed by atoms with Crippen molar-refractivity contribution in [3.05, 3.63) is 53.0 Å². The van der Waals surface area contributed by atoms with E-state index in [4.69, 9.17) is 9.15 Å². The molecule has 2 rings (SSSR count). The van der Waals surface area contributed by atoms with Gasteiger partial charge in [-0.1, -0.05) is 6.07 Å². The first-order chi connectivity index (χ1) is 8.15. The highest BCUT2D eigenvalue weighted by molar-refractivity contribution is 6.10. The van der Waals surface area contributed by atoms with Crippen LogP contribution in [0.5, 0.6) is 5.75 Å². The van der Waals surface area contributed by atoms with Gasteiger partial charge in [-0.2, -0.15) is 0 Å². The van der Waals surface area contributed by atoms with Gasteiger partial charge in [-0.25, -0.2) is 0 Å². The molecule has 0 unspecified atom stereocenters. The summed E-state index contributed by atoms with van der Waals surface area (Å²) < 4.78 is 10.2. The molecule has 0 amide bonds. The zero-order valence-electron chi connectivity index (χ0n) is 10.1. The summed E-state index contributed by atoms with van der Waals surface area (Å²) in [7, 11) is 1.58. The van der Waals surface area contributed by atoms with Crippen molar-refractivity contribution in [1.29, 1.82) is 0 Å². The van der Waals surface area contributed by atoms with Gasteiger partial charge in [0.25, 0.3) is 0 Å². The van der Waals surface area contributed by atoms with E-state index in [1.807, 2.05) is 19.9 Å². The molecule has 1 heterocycles. The third kappa shape index (κ3) is 1.96. The third-order valence-corrected chi connectivity index (χ3v) is 2.91. The van der Waals surface area contributed by atoms with Gasteiger partial charge in [-0.15, -0.1) is 0 Å². The second kappa shape index (κ2) is 4.45. The molecule has 0 spiro atoms. The quantitative estimate of drug-likeness (QED) is 0.760. The van der Waals surface area contributed by atoms with Gasteiger partial charge in [0, 0.05) is 0 Å². The Morgan fingerprint density at radius 3 is 2.59 bits per heavy atom. The molecule has 88 valence electrons. The number of hydrogen-bond acceptors (Lipinski definition) is 3. The van der Waals surface area contributed by atoms with Crippen molar-refractivity contribution in [1.82, 2.24) is 0 Å². The monoisotopic (exact) mass is 230 g/mol. The zero-order chi connectivity index (χ0) is 12.4. The molecular formula is C14H14O3. The molecule has 0 atom stereocenters. The minimum absolute atomic E-state index is 0.0845. The van der Waals surface area contributed by atoms with Crippen LogP contribution in [0, 0.1) is 13.8 Å². The van der Waals surface area contributed by atoms with Crippen LogP contribution in [0.3, 0.4) is 0 Å². The lowest BCUT2D eigenvalue weighted by atomic mass is 9.99. The van der Waals surface area contributed by atoms with Crippen LogP contribution in [0.4, 0.5) is 0 Å². The summed E-state index contributed by atoms with van der Waals surface area (Å²) in [5.74, 6) is 0.551. The minimum Gasteiger partial charge on any atom is -0.496 e. The Kier molecular flexibility index (Phi) is 3.00. The molecule has 3 nitrogen and oxygen atoms in total. The van der Waals surface area contributed by atoms with Gasteiger partial charge in [0.2, 0.25) is 0 Å². The van der Waals surface area contributed by atoms with E-state index >= 15 is 0 Å². The second-order valence-electron chi connectivity index (χ2n) is 3.93. The third-order valence-electron chi connectivity index (χ3n) is 2.91. The van der Waals surface area contributed by atoms with E-state index < -0.39 is 0 Å². The van der Waals surface area contributed by atoms with E-state index in [1.54, 1.807) is 19.2 Å². The number of rotatable bonds is 3. The first kappa shape index (κ1) is 11.5. The fourth-order valence-corrected chi connectivity index (χ4v) is 1.78. The number of hydrogen-bond donors (Lipinski definition) is 0.